The van der Waals surface area contributed by atoms with E-state index in [4.69, 9.17) is 4.74 Å². The number of aromatic nitrogens is 3. The summed E-state index contributed by atoms with van der Waals surface area (Å²) in [6.07, 6.45) is -2.45. The van der Waals surface area contributed by atoms with E-state index in [-0.39, 0.29) is 23.6 Å². The molecule has 0 bridgehead atoms. The average molecular weight is 417 g/mol. The Morgan fingerprint density at radius 3 is 2.47 bits per heavy atom. The molecule has 6 nitrogen and oxygen atoms in total. The van der Waals surface area contributed by atoms with Crippen molar-refractivity contribution in [3.63, 3.8) is 0 Å². The molecule has 2 aromatic carbocycles. The van der Waals surface area contributed by atoms with Crippen LogP contribution in [0.4, 0.5) is 13.2 Å². The van der Waals surface area contributed by atoms with E-state index in [1.165, 1.54) is 35.3 Å². The van der Waals surface area contributed by atoms with Crippen molar-refractivity contribution in [2.45, 2.75) is 25.6 Å². The molecule has 0 N–H and O–H groups in total. The molecule has 0 radical (unpaired) electrons. The largest absolute Gasteiger partial charge is 0.573 e. The molecule has 1 aliphatic rings. The molecule has 0 amide bonds. The van der Waals surface area contributed by atoms with E-state index in [1.807, 2.05) is 24.3 Å². The van der Waals surface area contributed by atoms with Gasteiger partial charge in [-0.15, -0.1) is 18.3 Å². The van der Waals surface area contributed by atoms with Crippen LogP contribution < -0.4 is 4.74 Å². The Hall–Kier alpha value is -3.36. The van der Waals surface area contributed by atoms with Crippen molar-refractivity contribution in [1.82, 2.24) is 14.8 Å². The molecule has 0 saturated heterocycles. The molecular formula is C21H18F3N3O3. The van der Waals surface area contributed by atoms with Crippen LogP contribution in [0.5, 0.6) is 5.75 Å². The van der Waals surface area contributed by atoms with Crippen molar-refractivity contribution < 1.29 is 27.4 Å². The number of hydrogen-bond donors (Lipinski definition) is 0. The maximum absolute atomic E-state index is 12.3. The monoisotopic (exact) mass is 417 g/mol. The van der Waals surface area contributed by atoms with Crippen LogP contribution in [-0.2, 0) is 9.53 Å². The molecule has 9 heteroatoms. The van der Waals surface area contributed by atoms with Crippen LogP contribution in [-0.4, -0.2) is 33.7 Å². The first-order valence-electron chi connectivity index (χ1n) is 9.39. The molecule has 4 rings (SSSR count). The SMILES string of the molecule is CCOC(=O)C1CC1c1ccc(-c2ncn(-c3ccc(OC(F)(F)F)cc3)n2)cc1. The first-order valence-corrected chi connectivity index (χ1v) is 9.39. The first-order chi connectivity index (χ1) is 14.3. The summed E-state index contributed by atoms with van der Waals surface area (Å²) < 4.78 is 47.2. The lowest BCUT2D eigenvalue weighted by molar-refractivity contribution is -0.274. The number of carbonyl (C=O) groups is 1. The van der Waals surface area contributed by atoms with Gasteiger partial charge in [0.25, 0.3) is 0 Å². The highest BCUT2D eigenvalue weighted by Gasteiger charge is 2.45. The quantitative estimate of drug-likeness (QED) is 0.553. The van der Waals surface area contributed by atoms with Gasteiger partial charge in [0.1, 0.15) is 12.1 Å². The van der Waals surface area contributed by atoms with Gasteiger partial charge in [-0.2, -0.15) is 0 Å². The number of alkyl halides is 3. The van der Waals surface area contributed by atoms with Gasteiger partial charge in [0, 0.05) is 5.56 Å². The lowest BCUT2D eigenvalue weighted by Crippen LogP contribution is -2.17. The van der Waals surface area contributed by atoms with Gasteiger partial charge in [-0.25, -0.2) is 9.67 Å². The van der Waals surface area contributed by atoms with E-state index >= 15 is 0 Å². The minimum Gasteiger partial charge on any atom is -0.466 e. The molecular weight excluding hydrogens is 399 g/mol. The van der Waals surface area contributed by atoms with E-state index < -0.39 is 6.36 Å². The fourth-order valence-electron chi connectivity index (χ4n) is 3.27. The van der Waals surface area contributed by atoms with E-state index in [9.17, 15) is 18.0 Å². The van der Waals surface area contributed by atoms with Crippen molar-refractivity contribution in [3.8, 4) is 22.8 Å². The first kappa shape index (κ1) is 19.9. The molecule has 1 aliphatic carbocycles. The van der Waals surface area contributed by atoms with E-state index in [0.29, 0.717) is 18.1 Å². The fraction of sp³-hybridized carbons (Fsp3) is 0.286. The van der Waals surface area contributed by atoms with E-state index in [0.717, 1.165) is 17.5 Å². The van der Waals surface area contributed by atoms with Crippen LogP contribution in [0.2, 0.25) is 0 Å². The summed E-state index contributed by atoms with van der Waals surface area (Å²) in [6, 6.07) is 13.0. The van der Waals surface area contributed by atoms with E-state index in [2.05, 4.69) is 14.8 Å². The highest BCUT2D eigenvalue weighted by molar-refractivity contribution is 5.77. The van der Waals surface area contributed by atoms with Gasteiger partial charge in [0.15, 0.2) is 5.82 Å². The lowest BCUT2D eigenvalue weighted by atomic mass is 10.1. The number of halogens is 3. The maximum atomic E-state index is 12.3. The topological polar surface area (TPSA) is 66.2 Å². The van der Waals surface area contributed by atoms with Gasteiger partial charge in [-0.05, 0) is 49.1 Å². The van der Waals surface area contributed by atoms with Crippen LogP contribution >= 0.6 is 0 Å². The fourth-order valence-corrected chi connectivity index (χ4v) is 3.27. The van der Waals surface area contributed by atoms with Crippen LogP contribution in [0.25, 0.3) is 17.1 Å². The average Bonchev–Trinajstić information content (AvgIpc) is 3.36. The zero-order valence-corrected chi connectivity index (χ0v) is 16.0. The number of hydrogen-bond acceptors (Lipinski definition) is 5. The third kappa shape index (κ3) is 4.45. The Kier molecular flexibility index (Phi) is 5.19. The number of ether oxygens (including phenoxy) is 2. The Balaban J connectivity index is 1.44. The number of nitrogens with zero attached hydrogens (tertiary/aromatic N) is 3. The second-order valence-electron chi connectivity index (χ2n) is 6.88. The van der Waals surface area contributed by atoms with Crippen molar-refractivity contribution >= 4 is 5.97 Å². The van der Waals surface area contributed by atoms with Gasteiger partial charge in [0.2, 0.25) is 0 Å². The molecule has 3 aromatic rings. The highest BCUT2D eigenvalue weighted by Crippen LogP contribution is 2.48. The van der Waals surface area contributed by atoms with E-state index in [1.54, 1.807) is 6.92 Å². The molecule has 2 unspecified atom stereocenters. The number of carbonyl (C=O) groups excluding carboxylic acids is 1. The summed E-state index contributed by atoms with van der Waals surface area (Å²) in [6.45, 7) is 2.17. The lowest BCUT2D eigenvalue weighted by Gasteiger charge is -2.09. The summed E-state index contributed by atoms with van der Waals surface area (Å²) in [5, 5.41) is 4.38. The second kappa shape index (κ2) is 7.81. The van der Waals surface area contributed by atoms with Crippen molar-refractivity contribution in [2.24, 2.45) is 5.92 Å². The molecule has 1 heterocycles. The minimum absolute atomic E-state index is 0.0718. The van der Waals surface area contributed by atoms with Gasteiger partial charge >= 0.3 is 12.3 Å². The summed E-state index contributed by atoms with van der Waals surface area (Å²) >= 11 is 0. The third-order valence-electron chi connectivity index (χ3n) is 4.80. The molecule has 1 fully saturated rings. The molecule has 30 heavy (non-hydrogen) atoms. The molecule has 1 aromatic heterocycles. The van der Waals surface area contributed by atoms with Gasteiger partial charge in [-0.1, -0.05) is 24.3 Å². The normalized spacial score (nSPS) is 18.1. The highest BCUT2D eigenvalue weighted by atomic mass is 19.4. The van der Waals surface area contributed by atoms with Gasteiger partial charge in [0.05, 0.1) is 18.2 Å². The van der Waals surface area contributed by atoms with Crippen molar-refractivity contribution in [3.05, 3.63) is 60.4 Å². The maximum Gasteiger partial charge on any atom is 0.573 e. The summed E-state index contributed by atoms with van der Waals surface area (Å²) in [5.74, 6) is 0.135. The zero-order chi connectivity index (χ0) is 21.3. The number of rotatable bonds is 6. The van der Waals surface area contributed by atoms with Crippen LogP contribution in [0, 0.1) is 5.92 Å². The third-order valence-corrected chi connectivity index (χ3v) is 4.80. The van der Waals surface area contributed by atoms with Crippen LogP contribution in [0.3, 0.4) is 0 Å². The van der Waals surface area contributed by atoms with Crippen LogP contribution in [0.1, 0.15) is 24.8 Å². The second-order valence-corrected chi connectivity index (χ2v) is 6.88. The molecule has 0 aliphatic heterocycles. The summed E-state index contributed by atoms with van der Waals surface area (Å²) in [4.78, 5) is 16.1. The van der Waals surface area contributed by atoms with Gasteiger partial charge in [-0.3, -0.25) is 4.79 Å². The molecule has 156 valence electrons. The van der Waals surface area contributed by atoms with Crippen molar-refractivity contribution in [2.75, 3.05) is 6.61 Å². The zero-order valence-electron chi connectivity index (χ0n) is 16.0. The van der Waals surface area contributed by atoms with Gasteiger partial charge < -0.3 is 9.47 Å². The molecule has 1 saturated carbocycles. The predicted molar refractivity (Wildman–Crippen MR) is 101 cm³/mol. The predicted octanol–water partition coefficient (Wildman–Crippen LogP) is 4.50. The summed E-state index contributed by atoms with van der Waals surface area (Å²) in [7, 11) is 0. The van der Waals surface area contributed by atoms with Crippen molar-refractivity contribution in [1.29, 1.82) is 0 Å². The number of esters is 1. The molecule has 2 atom stereocenters. The number of benzene rings is 2. The smallest absolute Gasteiger partial charge is 0.466 e. The summed E-state index contributed by atoms with van der Waals surface area (Å²) in [5.41, 5.74) is 2.41. The Morgan fingerprint density at radius 1 is 1.13 bits per heavy atom. The Morgan fingerprint density at radius 2 is 1.83 bits per heavy atom. The van der Waals surface area contributed by atoms with Crippen LogP contribution in [0.15, 0.2) is 54.9 Å². The molecule has 0 spiro atoms. The Bertz CT molecular complexity index is 1030. The standard InChI is InChI=1S/C21H18F3N3O3/c1-2-29-20(28)18-11-17(18)13-3-5-14(6-4-13)19-25-12-27(26-19)15-7-9-16(10-8-15)30-21(22,23)24/h3-10,12,17-18H,2,11H2,1H3. The minimum atomic E-state index is -4.73. The Labute approximate surface area is 170 Å².